The van der Waals surface area contributed by atoms with Crippen LogP contribution in [0.3, 0.4) is 0 Å². The molecule has 0 atom stereocenters. The third-order valence-electron chi connectivity index (χ3n) is 5.33. The lowest BCUT2D eigenvalue weighted by Gasteiger charge is -2.08. The van der Waals surface area contributed by atoms with E-state index in [4.69, 9.17) is 0 Å². The highest BCUT2D eigenvalue weighted by atomic mass is 32.1. The Balaban J connectivity index is 1.74. The van der Waals surface area contributed by atoms with Gasteiger partial charge in [0.1, 0.15) is 21.9 Å². The Morgan fingerprint density at radius 2 is 0.964 bits per heavy atom. The molecule has 0 unspecified atom stereocenters. The molecule has 6 aromatic rings. The fourth-order valence-electron chi connectivity index (χ4n) is 4.06. The summed E-state index contributed by atoms with van der Waals surface area (Å²) < 4.78 is 2.29. The molecule has 0 aliphatic heterocycles. The fourth-order valence-corrected chi connectivity index (χ4v) is 5.82. The zero-order chi connectivity index (χ0) is 18.8. The molecule has 28 heavy (non-hydrogen) atoms. The number of benzene rings is 4. The van der Waals surface area contributed by atoms with Gasteiger partial charge in [-0.25, -0.2) is 0 Å². The minimum Gasteiger partial charge on any atom is -0.192 e. The highest BCUT2D eigenvalue weighted by Gasteiger charge is 2.10. The second-order valence-electron chi connectivity index (χ2n) is 6.89. The average molecular weight is 390 g/mol. The van der Waals surface area contributed by atoms with E-state index in [1.165, 1.54) is 32.3 Å². The van der Waals surface area contributed by atoms with Crippen LogP contribution in [0.2, 0.25) is 0 Å². The van der Waals surface area contributed by atoms with Gasteiger partial charge in [0.15, 0.2) is 0 Å². The minimum absolute atomic E-state index is 0.744. The minimum atomic E-state index is 0.744. The number of rotatable bonds is 0. The van der Waals surface area contributed by atoms with E-state index < -0.39 is 0 Å². The van der Waals surface area contributed by atoms with Gasteiger partial charge in [0.2, 0.25) is 0 Å². The normalized spacial score (nSPS) is 11.5. The summed E-state index contributed by atoms with van der Waals surface area (Å²) in [5, 5.41) is 27.9. The van der Waals surface area contributed by atoms with Crippen LogP contribution in [0.5, 0.6) is 0 Å². The largest absolute Gasteiger partial charge is 0.192 e. The fraction of sp³-hybridized carbons (Fsp3) is 0. The molecule has 0 radical (unpaired) electrons. The van der Waals surface area contributed by atoms with Crippen molar-refractivity contribution in [1.82, 2.24) is 0 Å². The van der Waals surface area contributed by atoms with Crippen molar-refractivity contribution in [2.24, 2.45) is 0 Å². The van der Waals surface area contributed by atoms with E-state index in [0.717, 1.165) is 29.9 Å². The van der Waals surface area contributed by atoms with Gasteiger partial charge in [-0.2, -0.15) is 10.5 Å². The van der Waals surface area contributed by atoms with Crippen molar-refractivity contribution in [2.75, 3.05) is 0 Å². The predicted molar refractivity (Wildman–Crippen MR) is 119 cm³/mol. The Hall–Kier alpha value is -3.44. The van der Waals surface area contributed by atoms with Gasteiger partial charge in [-0.1, -0.05) is 24.3 Å². The molecule has 0 amide bonds. The molecule has 0 saturated heterocycles. The summed E-state index contributed by atoms with van der Waals surface area (Å²) >= 11 is 3.08. The number of nitrogens with zero attached hydrogens (tertiary/aromatic N) is 2. The summed E-state index contributed by atoms with van der Waals surface area (Å²) in [6, 6.07) is 25.9. The van der Waals surface area contributed by atoms with Crippen LogP contribution in [0.25, 0.3) is 52.5 Å². The molecule has 0 saturated carbocycles. The smallest absolute Gasteiger partial charge is 0.110 e. The van der Waals surface area contributed by atoms with Gasteiger partial charge in [0.05, 0.1) is 0 Å². The lowest BCUT2D eigenvalue weighted by molar-refractivity contribution is 1.52. The maximum atomic E-state index is 9.21. The van der Waals surface area contributed by atoms with Gasteiger partial charge >= 0.3 is 0 Å². The topological polar surface area (TPSA) is 47.6 Å². The van der Waals surface area contributed by atoms with Crippen LogP contribution in [0.15, 0.2) is 60.7 Å². The summed E-state index contributed by atoms with van der Waals surface area (Å²) in [4.78, 5) is 1.49. The lowest BCUT2D eigenvalue weighted by atomic mass is 9.96. The number of thiophene rings is 2. The highest BCUT2D eigenvalue weighted by Crippen LogP contribution is 2.38. The third kappa shape index (κ3) is 2.11. The molecule has 0 bridgehead atoms. The molecule has 6 rings (SSSR count). The Bertz CT molecular complexity index is 1560. The summed E-state index contributed by atoms with van der Waals surface area (Å²) in [7, 11) is 0. The summed E-state index contributed by atoms with van der Waals surface area (Å²) in [5.41, 5.74) is 0. The zero-order valence-electron chi connectivity index (χ0n) is 14.5. The van der Waals surface area contributed by atoms with Gasteiger partial charge in [-0.15, -0.1) is 22.7 Å². The summed E-state index contributed by atoms with van der Waals surface area (Å²) in [5.74, 6) is 0. The van der Waals surface area contributed by atoms with E-state index in [2.05, 4.69) is 60.7 Å². The van der Waals surface area contributed by atoms with Crippen molar-refractivity contribution in [1.29, 1.82) is 10.5 Å². The van der Waals surface area contributed by atoms with E-state index in [1.54, 1.807) is 22.7 Å². The van der Waals surface area contributed by atoms with Crippen LogP contribution in [0.4, 0.5) is 0 Å². The summed E-state index contributed by atoms with van der Waals surface area (Å²) in [6.45, 7) is 0. The predicted octanol–water partition coefficient (Wildman–Crippen LogP) is 7.32. The molecule has 0 aliphatic rings. The van der Waals surface area contributed by atoms with Gasteiger partial charge in [0, 0.05) is 9.40 Å². The number of hydrogen-bond donors (Lipinski definition) is 0. The van der Waals surface area contributed by atoms with Crippen molar-refractivity contribution in [3.05, 3.63) is 70.4 Å². The number of fused-ring (bicyclic) bond motifs is 7. The van der Waals surface area contributed by atoms with Crippen LogP contribution in [-0.2, 0) is 0 Å². The molecule has 2 nitrogen and oxygen atoms in total. The van der Waals surface area contributed by atoms with Crippen LogP contribution in [0, 0.1) is 22.7 Å². The van der Waals surface area contributed by atoms with Crippen molar-refractivity contribution in [3.63, 3.8) is 0 Å². The van der Waals surface area contributed by atoms with E-state index in [1.807, 2.05) is 12.1 Å². The average Bonchev–Trinajstić information content (AvgIpc) is 3.32. The Labute approximate surface area is 168 Å². The highest BCUT2D eigenvalue weighted by molar-refractivity contribution is 7.20. The van der Waals surface area contributed by atoms with Crippen molar-refractivity contribution in [3.8, 4) is 12.1 Å². The van der Waals surface area contributed by atoms with Gasteiger partial charge in [0.25, 0.3) is 0 Å². The van der Waals surface area contributed by atoms with Gasteiger partial charge < -0.3 is 0 Å². The Morgan fingerprint density at radius 1 is 0.500 bits per heavy atom. The quantitative estimate of drug-likeness (QED) is 0.255. The van der Waals surface area contributed by atoms with E-state index in [0.29, 0.717) is 0 Å². The molecule has 0 fully saturated rings. The molecule has 0 spiro atoms. The maximum Gasteiger partial charge on any atom is 0.110 e. The second kappa shape index (κ2) is 5.53. The number of hydrogen-bond acceptors (Lipinski definition) is 4. The number of nitriles is 2. The molecular formula is C24H10N2S2. The molecule has 128 valence electrons. The zero-order valence-corrected chi connectivity index (χ0v) is 16.1. The molecule has 4 aromatic carbocycles. The standard InChI is InChI=1S/C24H10N2S2/c25-11-17-7-15-5-13-1-3-19-20(21(13)9-23(15)27-17)4-2-14-6-16-8-18(12-26)28-24(16)10-22(14)19/h1-10H. The molecule has 0 N–H and O–H groups in total. The van der Waals surface area contributed by atoms with Crippen molar-refractivity contribution < 1.29 is 0 Å². The van der Waals surface area contributed by atoms with Crippen molar-refractivity contribution in [2.45, 2.75) is 0 Å². The van der Waals surface area contributed by atoms with Crippen LogP contribution >= 0.6 is 22.7 Å². The van der Waals surface area contributed by atoms with Crippen LogP contribution in [0.1, 0.15) is 9.75 Å². The van der Waals surface area contributed by atoms with Crippen LogP contribution < -0.4 is 0 Å². The third-order valence-corrected chi connectivity index (χ3v) is 7.33. The first-order chi connectivity index (χ1) is 13.7. The second-order valence-corrected chi connectivity index (χ2v) is 9.06. The first-order valence-electron chi connectivity index (χ1n) is 8.80. The van der Waals surface area contributed by atoms with E-state index >= 15 is 0 Å². The SMILES string of the molecule is N#Cc1cc2cc3ccc4c5cc6sc(C#N)cc6cc5ccc4c3cc2s1. The first kappa shape index (κ1) is 15.6. The lowest BCUT2D eigenvalue weighted by Crippen LogP contribution is -1.81. The van der Waals surface area contributed by atoms with Crippen molar-refractivity contribution >= 4 is 75.2 Å². The van der Waals surface area contributed by atoms with E-state index in [9.17, 15) is 10.5 Å². The Morgan fingerprint density at radius 3 is 1.39 bits per heavy atom. The monoisotopic (exact) mass is 390 g/mol. The van der Waals surface area contributed by atoms with E-state index in [-0.39, 0.29) is 0 Å². The molecular weight excluding hydrogens is 380 g/mol. The Kier molecular flexibility index (Phi) is 3.08. The maximum absolute atomic E-state index is 9.21. The van der Waals surface area contributed by atoms with Gasteiger partial charge in [-0.05, 0) is 79.5 Å². The first-order valence-corrected chi connectivity index (χ1v) is 10.4. The summed E-state index contributed by atoms with van der Waals surface area (Å²) in [6.07, 6.45) is 0. The van der Waals surface area contributed by atoms with Gasteiger partial charge in [-0.3, -0.25) is 0 Å². The van der Waals surface area contributed by atoms with Crippen LogP contribution in [-0.4, -0.2) is 0 Å². The molecule has 2 aromatic heterocycles. The molecule has 0 aliphatic carbocycles. The molecule has 4 heteroatoms. The molecule has 2 heterocycles.